The highest BCUT2D eigenvalue weighted by Crippen LogP contribution is 2.10. The Bertz CT molecular complexity index is 471. The second kappa shape index (κ2) is 4.52. The summed E-state index contributed by atoms with van der Waals surface area (Å²) < 4.78 is 0. The molecular weight excluding hydrogens is 204 g/mol. The van der Waals surface area contributed by atoms with Gasteiger partial charge in [0, 0.05) is 0 Å². The van der Waals surface area contributed by atoms with Crippen LogP contribution in [0.4, 0.5) is 0 Å². The molecule has 0 bridgehead atoms. The van der Waals surface area contributed by atoms with E-state index in [4.69, 9.17) is 10.9 Å². The van der Waals surface area contributed by atoms with Crippen molar-refractivity contribution in [3.8, 4) is 0 Å². The van der Waals surface area contributed by atoms with Crippen molar-refractivity contribution in [1.82, 2.24) is 0 Å². The normalized spacial score (nSPS) is 13.6. The van der Waals surface area contributed by atoms with Crippen LogP contribution < -0.4 is 0 Å². The summed E-state index contributed by atoms with van der Waals surface area (Å²) in [4.78, 5) is 0. The van der Waals surface area contributed by atoms with E-state index >= 15 is 0 Å². The van der Waals surface area contributed by atoms with Gasteiger partial charge >= 0.3 is 0 Å². The van der Waals surface area contributed by atoms with Crippen molar-refractivity contribution in [1.29, 1.82) is 10.9 Å². The first-order valence-electron chi connectivity index (χ1n) is 4.76. The maximum Gasteiger partial charge on any atom is 0.107 e. The lowest BCUT2D eigenvalue weighted by molar-refractivity contribution is 1.02. The Morgan fingerprint density at radius 1 is 1.31 bits per heavy atom. The minimum atomic E-state index is 0.116. The van der Waals surface area contributed by atoms with Crippen LogP contribution >= 0.6 is 0 Å². The lowest BCUT2D eigenvalue weighted by Crippen LogP contribution is -2.05. The van der Waals surface area contributed by atoms with Gasteiger partial charge in [-0.05, 0) is 16.4 Å². The molecule has 2 rings (SSSR count). The van der Waals surface area contributed by atoms with Crippen LogP contribution in [0.25, 0.3) is 0 Å². The third kappa shape index (κ3) is 2.05. The Morgan fingerprint density at radius 2 is 2.06 bits per heavy atom. The summed E-state index contributed by atoms with van der Waals surface area (Å²) in [5, 5.41) is 22.0. The van der Waals surface area contributed by atoms with Crippen molar-refractivity contribution in [2.75, 3.05) is 13.1 Å². The zero-order valence-electron chi connectivity index (χ0n) is 8.51. The van der Waals surface area contributed by atoms with Gasteiger partial charge in [-0.3, -0.25) is 0 Å². The molecule has 0 amide bonds. The standard InChI is InChI=1S/C10H10N6/c11-9(5-13-12)7-1-3-8(4-2-7)10-6-14-16-15-10/h1-4,11-12H,5-6H2. The van der Waals surface area contributed by atoms with E-state index < -0.39 is 0 Å². The lowest BCUT2D eigenvalue weighted by Gasteiger charge is -2.02. The van der Waals surface area contributed by atoms with Gasteiger partial charge in [-0.2, -0.15) is 10.2 Å². The van der Waals surface area contributed by atoms with Gasteiger partial charge in [0.05, 0.1) is 11.4 Å². The summed E-state index contributed by atoms with van der Waals surface area (Å²) in [5.74, 6) is 0. The number of hydrogen-bond donors (Lipinski definition) is 2. The predicted octanol–water partition coefficient (Wildman–Crippen LogP) is 2.26. The van der Waals surface area contributed by atoms with Crippen LogP contribution in [0.1, 0.15) is 11.1 Å². The maximum absolute atomic E-state index is 7.63. The zero-order chi connectivity index (χ0) is 11.4. The summed E-state index contributed by atoms with van der Waals surface area (Å²) in [6.45, 7) is 0.629. The second-order valence-electron chi connectivity index (χ2n) is 3.31. The highest BCUT2D eigenvalue weighted by molar-refractivity contribution is 6.04. The monoisotopic (exact) mass is 214 g/mol. The van der Waals surface area contributed by atoms with Gasteiger partial charge in [0.15, 0.2) is 0 Å². The van der Waals surface area contributed by atoms with E-state index in [9.17, 15) is 0 Å². The van der Waals surface area contributed by atoms with Crippen LogP contribution in [0.3, 0.4) is 0 Å². The molecule has 0 atom stereocenters. The van der Waals surface area contributed by atoms with Gasteiger partial charge in [-0.25, -0.2) is 5.53 Å². The molecule has 0 fully saturated rings. The molecule has 0 radical (unpaired) electrons. The van der Waals surface area contributed by atoms with Crippen molar-refractivity contribution < 1.29 is 0 Å². The summed E-state index contributed by atoms with van der Waals surface area (Å²) in [7, 11) is 0. The van der Waals surface area contributed by atoms with Crippen molar-refractivity contribution >= 4 is 11.4 Å². The average molecular weight is 214 g/mol. The molecule has 0 unspecified atom stereocenters. The smallest absolute Gasteiger partial charge is 0.107 e. The molecule has 0 aromatic heterocycles. The van der Waals surface area contributed by atoms with Gasteiger partial charge in [0.25, 0.3) is 0 Å². The Labute approximate surface area is 92.1 Å². The molecule has 0 spiro atoms. The molecule has 1 aromatic carbocycles. The Hall–Kier alpha value is -2.24. The number of benzene rings is 1. The fourth-order valence-corrected chi connectivity index (χ4v) is 1.40. The van der Waals surface area contributed by atoms with Crippen molar-refractivity contribution in [3.63, 3.8) is 0 Å². The SMILES string of the molecule is N=NCC(=N)c1ccc(C2=NN=NC2)cc1. The highest BCUT2D eigenvalue weighted by Gasteiger charge is 2.08. The first kappa shape index (κ1) is 10.3. The van der Waals surface area contributed by atoms with E-state index in [2.05, 4.69) is 20.6 Å². The predicted molar refractivity (Wildman–Crippen MR) is 59.5 cm³/mol. The van der Waals surface area contributed by atoms with Crippen LogP contribution in [0.2, 0.25) is 0 Å². The first-order chi connectivity index (χ1) is 7.81. The van der Waals surface area contributed by atoms with E-state index in [0.717, 1.165) is 16.8 Å². The number of nitrogens with one attached hydrogen (secondary N) is 2. The molecule has 1 heterocycles. The summed E-state index contributed by atoms with van der Waals surface area (Å²) >= 11 is 0. The van der Waals surface area contributed by atoms with E-state index in [-0.39, 0.29) is 6.54 Å². The number of hydrogen-bond acceptors (Lipinski definition) is 6. The van der Waals surface area contributed by atoms with Crippen LogP contribution in [0.5, 0.6) is 0 Å². The van der Waals surface area contributed by atoms with Crippen LogP contribution in [0.15, 0.2) is 44.8 Å². The molecule has 80 valence electrons. The molecule has 1 aliphatic rings. The summed E-state index contributed by atoms with van der Waals surface area (Å²) in [6, 6.07) is 7.40. The molecule has 6 nitrogen and oxygen atoms in total. The van der Waals surface area contributed by atoms with E-state index in [1.54, 1.807) is 0 Å². The lowest BCUT2D eigenvalue weighted by atomic mass is 10.0. The van der Waals surface area contributed by atoms with E-state index in [1.165, 1.54) is 0 Å². The topological polar surface area (TPSA) is 97.1 Å². The quantitative estimate of drug-likeness (QED) is 0.567. The molecule has 1 aromatic rings. The van der Waals surface area contributed by atoms with E-state index in [0.29, 0.717) is 12.3 Å². The fraction of sp³-hybridized carbons (Fsp3) is 0.200. The molecule has 0 saturated heterocycles. The first-order valence-corrected chi connectivity index (χ1v) is 4.76. The molecule has 2 N–H and O–H groups in total. The van der Waals surface area contributed by atoms with Gasteiger partial charge in [0.1, 0.15) is 13.1 Å². The van der Waals surface area contributed by atoms with Gasteiger partial charge < -0.3 is 5.41 Å². The van der Waals surface area contributed by atoms with Gasteiger partial charge in [-0.15, -0.1) is 5.10 Å². The van der Waals surface area contributed by atoms with Crippen molar-refractivity contribution in [3.05, 3.63) is 35.4 Å². The third-order valence-corrected chi connectivity index (χ3v) is 2.25. The molecule has 6 heteroatoms. The second-order valence-corrected chi connectivity index (χ2v) is 3.31. The van der Waals surface area contributed by atoms with Crippen LogP contribution in [-0.2, 0) is 0 Å². The largest absolute Gasteiger partial charge is 0.303 e. The van der Waals surface area contributed by atoms with Gasteiger partial charge in [-0.1, -0.05) is 24.3 Å². The molecular formula is C10H10N6. The Morgan fingerprint density at radius 3 is 2.62 bits per heavy atom. The maximum atomic E-state index is 7.63. The fourth-order valence-electron chi connectivity index (χ4n) is 1.40. The van der Waals surface area contributed by atoms with Crippen LogP contribution in [-0.4, -0.2) is 24.5 Å². The van der Waals surface area contributed by atoms with Gasteiger partial charge in [0.2, 0.25) is 0 Å². The third-order valence-electron chi connectivity index (χ3n) is 2.25. The molecule has 0 saturated carbocycles. The number of nitrogens with zero attached hydrogens (tertiary/aromatic N) is 4. The summed E-state index contributed by atoms with van der Waals surface area (Å²) in [5.41, 5.74) is 9.61. The van der Waals surface area contributed by atoms with Crippen molar-refractivity contribution in [2.45, 2.75) is 0 Å². The average Bonchev–Trinajstić information content (AvgIpc) is 2.83. The molecule has 0 aliphatic carbocycles. The Balaban J connectivity index is 2.16. The minimum absolute atomic E-state index is 0.116. The Kier molecular flexibility index (Phi) is 2.90. The molecule has 1 aliphatic heterocycles. The minimum Gasteiger partial charge on any atom is -0.303 e. The summed E-state index contributed by atoms with van der Waals surface area (Å²) in [6.07, 6.45) is 0. The van der Waals surface area contributed by atoms with Crippen molar-refractivity contribution in [2.24, 2.45) is 20.6 Å². The molecule has 16 heavy (non-hydrogen) atoms. The zero-order valence-corrected chi connectivity index (χ0v) is 8.51. The number of rotatable bonds is 4. The van der Waals surface area contributed by atoms with Crippen LogP contribution in [0, 0.1) is 10.9 Å². The van der Waals surface area contributed by atoms with E-state index in [1.807, 2.05) is 24.3 Å². The highest BCUT2D eigenvalue weighted by atomic mass is 15.4.